The van der Waals surface area contributed by atoms with E-state index in [1.54, 1.807) is 12.4 Å². The van der Waals surface area contributed by atoms with E-state index >= 15 is 0 Å². The lowest BCUT2D eigenvalue weighted by molar-refractivity contribution is 1.24. The van der Waals surface area contributed by atoms with Crippen LogP contribution in [-0.2, 0) is 5.75 Å². The van der Waals surface area contributed by atoms with Crippen molar-refractivity contribution in [2.75, 3.05) is 0 Å². The van der Waals surface area contributed by atoms with Crippen LogP contribution in [0, 0.1) is 5.41 Å². The maximum absolute atomic E-state index is 7.41. The fourth-order valence-electron chi connectivity index (χ4n) is 0.836. The minimum atomic E-state index is -0.0973. The Hall–Kier alpha value is -1.08. The van der Waals surface area contributed by atoms with Gasteiger partial charge in [0.2, 0.25) is 0 Å². The summed E-state index contributed by atoms with van der Waals surface area (Å²) in [6, 6.07) is 1.93. The van der Waals surface area contributed by atoms with Crippen molar-refractivity contribution in [3.05, 3.63) is 28.5 Å². The predicted octanol–water partition coefficient (Wildman–Crippen LogP) is 1.29. The number of halogens is 1. The molecular formula is C8H10BrN5S. The van der Waals surface area contributed by atoms with Gasteiger partial charge in [-0.05, 0) is 27.6 Å². The summed E-state index contributed by atoms with van der Waals surface area (Å²) in [5, 5.41) is 7.50. The van der Waals surface area contributed by atoms with Crippen molar-refractivity contribution < 1.29 is 0 Å². The van der Waals surface area contributed by atoms with Gasteiger partial charge in [-0.3, -0.25) is 10.4 Å². The Morgan fingerprint density at radius 1 is 1.53 bits per heavy atom. The maximum atomic E-state index is 7.41. The molecule has 1 rings (SSSR count). The minimum absolute atomic E-state index is 0.0926. The Balaban J connectivity index is 2.51. The zero-order valence-electron chi connectivity index (χ0n) is 7.77. The number of guanidine groups is 1. The lowest BCUT2D eigenvalue weighted by Crippen LogP contribution is -2.23. The highest BCUT2D eigenvalue weighted by atomic mass is 79.9. The van der Waals surface area contributed by atoms with Crippen LogP contribution >= 0.6 is 27.7 Å². The van der Waals surface area contributed by atoms with Crippen molar-refractivity contribution in [1.82, 2.24) is 4.98 Å². The number of rotatable bonds is 2. The number of nitrogens with two attached hydrogens (primary N) is 2. The van der Waals surface area contributed by atoms with Gasteiger partial charge in [0, 0.05) is 22.6 Å². The van der Waals surface area contributed by atoms with Crippen LogP contribution in [0.4, 0.5) is 0 Å². The van der Waals surface area contributed by atoms with E-state index in [2.05, 4.69) is 25.9 Å². The van der Waals surface area contributed by atoms with Crippen LogP contribution < -0.4 is 11.5 Å². The lowest BCUT2D eigenvalue weighted by Gasteiger charge is -2.00. The third kappa shape index (κ3) is 4.80. The number of hydrogen-bond acceptors (Lipinski definition) is 3. The van der Waals surface area contributed by atoms with E-state index in [-0.39, 0.29) is 11.1 Å². The van der Waals surface area contributed by atoms with Crippen LogP contribution in [0.1, 0.15) is 5.56 Å². The first-order valence-electron chi connectivity index (χ1n) is 3.98. The molecule has 0 saturated heterocycles. The summed E-state index contributed by atoms with van der Waals surface area (Å²) < 4.78 is 0.911. The van der Waals surface area contributed by atoms with Gasteiger partial charge in [-0.2, -0.15) is 4.99 Å². The minimum Gasteiger partial charge on any atom is -0.370 e. The molecule has 5 N–H and O–H groups in total. The average molecular weight is 288 g/mol. The van der Waals surface area contributed by atoms with Gasteiger partial charge in [0.1, 0.15) is 0 Å². The predicted molar refractivity (Wildman–Crippen MR) is 66.8 cm³/mol. The normalized spacial score (nSPS) is 9.67. The summed E-state index contributed by atoms with van der Waals surface area (Å²) in [6.07, 6.45) is 3.44. The molecule has 1 aromatic rings. The second-order valence-electron chi connectivity index (χ2n) is 2.64. The number of nitrogens with one attached hydrogen (secondary N) is 1. The molecule has 0 aliphatic carbocycles. The first-order chi connectivity index (χ1) is 7.08. The molecule has 0 fully saturated rings. The zero-order chi connectivity index (χ0) is 11.3. The summed E-state index contributed by atoms with van der Waals surface area (Å²) in [6.45, 7) is 0. The molecule has 0 aromatic carbocycles. The van der Waals surface area contributed by atoms with Crippen molar-refractivity contribution in [2.45, 2.75) is 5.75 Å². The van der Waals surface area contributed by atoms with E-state index in [0.717, 1.165) is 10.0 Å². The molecule has 5 nitrogen and oxygen atoms in total. The van der Waals surface area contributed by atoms with E-state index in [1.807, 2.05) is 6.07 Å². The molecule has 0 spiro atoms. The molecule has 15 heavy (non-hydrogen) atoms. The topological polar surface area (TPSA) is 101 Å². The van der Waals surface area contributed by atoms with Gasteiger partial charge in [0.25, 0.3) is 0 Å². The van der Waals surface area contributed by atoms with Crippen molar-refractivity contribution in [1.29, 1.82) is 5.41 Å². The average Bonchev–Trinajstić information content (AvgIpc) is 2.14. The molecule has 0 aliphatic heterocycles. The fourth-order valence-corrected chi connectivity index (χ4v) is 1.88. The van der Waals surface area contributed by atoms with E-state index < -0.39 is 0 Å². The maximum Gasteiger partial charge on any atom is 0.193 e. The fraction of sp³-hybridized carbons (Fsp3) is 0.125. The molecule has 0 radical (unpaired) electrons. The van der Waals surface area contributed by atoms with Gasteiger partial charge < -0.3 is 11.5 Å². The molecule has 0 aliphatic rings. The van der Waals surface area contributed by atoms with Crippen LogP contribution in [0.2, 0.25) is 0 Å². The summed E-state index contributed by atoms with van der Waals surface area (Å²) in [5.74, 6) is 0.516. The van der Waals surface area contributed by atoms with Crippen molar-refractivity contribution >= 4 is 38.8 Å². The Morgan fingerprint density at radius 2 is 2.27 bits per heavy atom. The molecule has 80 valence electrons. The van der Waals surface area contributed by atoms with Crippen molar-refractivity contribution in [3.8, 4) is 0 Å². The molecule has 0 amide bonds. The van der Waals surface area contributed by atoms with Crippen molar-refractivity contribution in [3.63, 3.8) is 0 Å². The van der Waals surface area contributed by atoms with E-state index in [0.29, 0.717) is 5.75 Å². The second kappa shape index (κ2) is 5.72. The summed E-state index contributed by atoms with van der Waals surface area (Å²) in [4.78, 5) is 7.61. The van der Waals surface area contributed by atoms with Gasteiger partial charge in [-0.15, -0.1) is 0 Å². The SMILES string of the molecule is N=C(N=C(N)N)SCc1cncc(Br)c1. The molecule has 7 heteroatoms. The number of nitrogens with zero attached hydrogens (tertiary/aromatic N) is 2. The van der Waals surface area contributed by atoms with E-state index in [4.69, 9.17) is 16.9 Å². The number of pyridine rings is 1. The molecule has 0 saturated carbocycles. The van der Waals surface area contributed by atoms with Crippen LogP contribution in [0.15, 0.2) is 27.9 Å². The molecule has 0 atom stereocenters. The summed E-state index contributed by atoms with van der Waals surface area (Å²) >= 11 is 4.56. The monoisotopic (exact) mass is 287 g/mol. The highest BCUT2D eigenvalue weighted by Crippen LogP contribution is 2.16. The van der Waals surface area contributed by atoms with Gasteiger partial charge in [0.15, 0.2) is 11.1 Å². The third-order valence-corrected chi connectivity index (χ3v) is 2.64. The van der Waals surface area contributed by atoms with E-state index in [1.165, 1.54) is 11.8 Å². The number of aromatic nitrogens is 1. The first-order valence-corrected chi connectivity index (χ1v) is 5.76. The smallest absolute Gasteiger partial charge is 0.193 e. The van der Waals surface area contributed by atoms with Gasteiger partial charge >= 0.3 is 0 Å². The lowest BCUT2D eigenvalue weighted by atomic mass is 10.3. The largest absolute Gasteiger partial charge is 0.370 e. The quantitative estimate of drug-likeness (QED) is 0.563. The highest BCUT2D eigenvalue weighted by Gasteiger charge is 1.99. The Bertz CT molecular complexity index is 388. The number of hydrogen-bond donors (Lipinski definition) is 3. The second-order valence-corrected chi connectivity index (χ2v) is 4.52. The molecule has 0 unspecified atom stereocenters. The molecule has 1 aromatic heterocycles. The first kappa shape index (κ1) is 12.0. The Labute approximate surface area is 100.0 Å². The van der Waals surface area contributed by atoms with Crippen LogP contribution in [0.5, 0.6) is 0 Å². The number of amidine groups is 1. The number of thioether (sulfide) groups is 1. The Morgan fingerprint density at radius 3 is 2.87 bits per heavy atom. The third-order valence-electron chi connectivity index (χ3n) is 1.37. The highest BCUT2D eigenvalue weighted by molar-refractivity contribution is 9.10. The standard InChI is InChI=1S/C8H10BrN5S/c9-6-1-5(2-13-3-6)4-15-8(12)14-7(10)11/h1-3H,4H2,(H5,10,11,12,14). The molecule has 1 heterocycles. The molecular weight excluding hydrogens is 278 g/mol. The summed E-state index contributed by atoms with van der Waals surface area (Å²) in [5.41, 5.74) is 11.3. The van der Waals surface area contributed by atoms with Crippen LogP contribution in [0.3, 0.4) is 0 Å². The summed E-state index contributed by atoms with van der Waals surface area (Å²) in [7, 11) is 0. The molecule has 0 bridgehead atoms. The van der Waals surface area contributed by atoms with E-state index in [9.17, 15) is 0 Å². The van der Waals surface area contributed by atoms with Crippen LogP contribution in [0.25, 0.3) is 0 Å². The Kier molecular flexibility index (Phi) is 4.57. The van der Waals surface area contributed by atoms with Gasteiger partial charge in [-0.25, -0.2) is 0 Å². The zero-order valence-corrected chi connectivity index (χ0v) is 10.2. The number of aliphatic imine (C=N–C) groups is 1. The van der Waals surface area contributed by atoms with Gasteiger partial charge in [0.05, 0.1) is 0 Å². The van der Waals surface area contributed by atoms with Crippen molar-refractivity contribution in [2.24, 2.45) is 16.5 Å². The van der Waals surface area contributed by atoms with Crippen LogP contribution in [-0.4, -0.2) is 16.1 Å². The van der Waals surface area contributed by atoms with Gasteiger partial charge in [-0.1, -0.05) is 11.8 Å².